The molecule has 0 saturated carbocycles. The van der Waals surface area contributed by atoms with E-state index in [0.717, 1.165) is 35.4 Å². The monoisotopic (exact) mass is 378 g/mol. The quantitative estimate of drug-likeness (QED) is 0.826. The van der Waals surface area contributed by atoms with Crippen molar-refractivity contribution in [1.82, 2.24) is 4.98 Å². The number of ether oxygens (including phenoxy) is 1. The number of carbonyl (C=O) groups excluding carboxylic acids is 1. The maximum absolute atomic E-state index is 13.2. The van der Waals surface area contributed by atoms with Gasteiger partial charge >= 0.3 is 5.88 Å². The topological polar surface area (TPSA) is 69.1 Å². The van der Waals surface area contributed by atoms with E-state index in [1.165, 1.54) is 0 Å². The van der Waals surface area contributed by atoms with Crippen molar-refractivity contribution in [3.8, 4) is 5.88 Å². The highest BCUT2D eigenvalue weighted by molar-refractivity contribution is 6.00. The number of anilines is 1. The van der Waals surface area contributed by atoms with Gasteiger partial charge in [-0.1, -0.05) is 63.0 Å². The largest absolute Gasteiger partial charge is 0.430 e. The Kier molecular flexibility index (Phi) is 4.48. The standard InChI is InChI=1S/C23H27N3O2/c1-14(2)12-26-13-25-22-20(21(26)24)18(15-8-6-5-7-9-15)19-16(27)10-23(3,4)11-17(19)28-22/h5-9,13-14,18,24H,10-12H2,1-4H3/p+1/t18-/m0/s1. The molecule has 0 amide bonds. The fourth-order valence-corrected chi connectivity index (χ4v) is 4.34. The molecule has 1 aliphatic heterocycles. The van der Waals surface area contributed by atoms with Crippen molar-refractivity contribution in [2.45, 2.75) is 53.0 Å². The lowest BCUT2D eigenvalue weighted by molar-refractivity contribution is -0.691. The van der Waals surface area contributed by atoms with Crippen LogP contribution in [0.25, 0.3) is 0 Å². The van der Waals surface area contributed by atoms with Gasteiger partial charge in [0.15, 0.2) is 5.78 Å². The van der Waals surface area contributed by atoms with Gasteiger partial charge < -0.3 is 10.5 Å². The summed E-state index contributed by atoms with van der Waals surface area (Å²) in [6.07, 6.45) is 2.98. The minimum absolute atomic E-state index is 0.119. The van der Waals surface area contributed by atoms with Crippen molar-refractivity contribution in [2.24, 2.45) is 11.3 Å². The highest BCUT2D eigenvalue weighted by Gasteiger charge is 2.45. The Morgan fingerprint density at radius 1 is 1.25 bits per heavy atom. The van der Waals surface area contributed by atoms with Gasteiger partial charge in [-0.25, -0.2) is 4.57 Å². The molecule has 0 saturated heterocycles. The van der Waals surface area contributed by atoms with Gasteiger partial charge in [0.2, 0.25) is 12.1 Å². The van der Waals surface area contributed by atoms with Gasteiger partial charge in [0.25, 0.3) is 0 Å². The maximum Gasteiger partial charge on any atom is 0.305 e. The van der Waals surface area contributed by atoms with E-state index in [9.17, 15) is 4.79 Å². The number of nitrogens with two attached hydrogens (primary N) is 1. The number of ketones is 1. The Bertz CT molecular complexity index is 961. The molecule has 1 aromatic carbocycles. The van der Waals surface area contributed by atoms with Gasteiger partial charge in [-0.15, -0.1) is 0 Å². The highest BCUT2D eigenvalue weighted by atomic mass is 16.5. The molecule has 0 unspecified atom stereocenters. The average Bonchev–Trinajstić information content (AvgIpc) is 2.62. The van der Waals surface area contributed by atoms with Gasteiger partial charge in [0.1, 0.15) is 11.3 Å². The SMILES string of the molecule is CC(C)C[n+]1cnc2c(c1N)[C@@H](c1ccccc1)C1=C(CC(C)(C)CC1=O)O2. The summed E-state index contributed by atoms with van der Waals surface area (Å²) in [6.45, 7) is 9.26. The number of nitrogen functional groups attached to an aromatic ring is 1. The van der Waals surface area contributed by atoms with Crippen molar-refractivity contribution in [3.63, 3.8) is 0 Å². The van der Waals surface area contributed by atoms with Gasteiger partial charge in [-0.2, -0.15) is 0 Å². The van der Waals surface area contributed by atoms with E-state index >= 15 is 0 Å². The van der Waals surface area contributed by atoms with Crippen molar-refractivity contribution in [3.05, 3.63) is 59.1 Å². The molecule has 146 valence electrons. The van der Waals surface area contributed by atoms with E-state index < -0.39 is 0 Å². The zero-order valence-electron chi connectivity index (χ0n) is 17.0. The molecule has 5 heteroatoms. The fraction of sp³-hybridized carbons (Fsp3) is 0.435. The van der Waals surface area contributed by atoms with E-state index in [0.29, 0.717) is 24.0 Å². The number of nitrogens with zero attached hydrogens (tertiary/aromatic N) is 2. The predicted molar refractivity (Wildman–Crippen MR) is 108 cm³/mol. The summed E-state index contributed by atoms with van der Waals surface area (Å²) in [5.74, 6) is 2.22. The smallest absolute Gasteiger partial charge is 0.305 e. The summed E-state index contributed by atoms with van der Waals surface area (Å²) < 4.78 is 8.15. The molecule has 4 rings (SSSR count). The third kappa shape index (κ3) is 3.19. The van der Waals surface area contributed by atoms with E-state index in [1.807, 2.05) is 22.8 Å². The summed E-state index contributed by atoms with van der Waals surface area (Å²) in [7, 11) is 0. The van der Waals surface area contributed by atoms with Crippen LogP contribution in [0.1, 0.15) is 57.6 Å². The lowest BCUT2D eigenvalue weighted by atomic mass is 9.70. The zero-order chi connectivity index (χ0) is 20.1. The zero-order valence-corrected chi connectivity index (χ0v) is 17.0. The molecule has 28 heavy (non-hydrogen) atoms. The van der Waals surface area contributed by atoms with Crippen molar-refractivity contribution < 1.29 is 14.1 Å². The summed E-state index contributed by atoms with van der Waals surface area (Å²) in [5.41, 5.74) is 9.09. The molecule has 0 spiro atoms. The lowest BCUT2D eigenvalue weighted by Gasteiger charge is -2.37. The molecule has 0 bridgehead atoms. The first kappa shape index (κ1) is 18.7. The fourth-order valence-electron chi connectivity index (χ4n) is 4.34. The van der Waals surface area contributed by atoms with E-state index in [-0.39, 0.29) is 17.1 Å². The molecule has 0 fully saturated rings. The van der Waals surface area contributed by atoms with Crippen LogP contribution >= 0.6 is 0 Å². The van der Waals surface area contributed by atoms with Crippen LogP contribution in [0.3, 0.4) is 0 Å². The Morgan fingerprint density at radius 2 is 1.96 bits per heavy atom. The second kappa shape index (κ2) is 6.73. The van der Waals surface area contributed by atoms with Crippen LogP contribution in [0.15, 0.2) is 48.0 Å². The van der Waals surface area contributed by atoms with E-state index in [1.54, 1.807) is 6.33 Å². The summed E-state index contributed by atoms with van der Waals surface area (Å²) in [6, 6.07) is 10.1. The van der Waals surface area contributed by atoms with Crippen LogP contribution in [-0.4, -0.2) is 10.8 Å². The Balaban J connectivity index is 1.94. The minimum Gasteiger partial charge on any atom is -0.430 e. The van der Waals surface area contributed by atoms with Crippen LogP contribution in [-0.2, 0) is 11.3 Å². The summed E-state index contributed by atoms with van der Waals surface area (Å²) in [5, 5.41) is 0. The Hall–Kier alpha value is -2.69. The molecular weight excluding hydrogens is 350 g/mol. The molecule has 5 nitrogen and oxygen atoms in total. The first-order valence-electron chi connectivity index (χ1n) is 9.93. The number of Topliss-reactive ketones (excluding diaryl/α,β-unsaturated/α-hetero) is 1. The van der Waals surface area contributed by atoms with Crippen LogP contribution < -0.4 is 15.0 Å². The van der Waals surface area contributed by atoms with Gasteiger partial charge in [-0.05, 0) is 16.9 Å². The maximum atomic E-state index is 13.2. The third-order valence-corrected chi connectivity index (χ3v) is 5.50. The molecule has 2 aliphatic rings. The molecule has 2 aromatic rings. The molecule has 2 N–H and O–H groups in total. The Morgan fingerprint density at radius 3 is 2.64 bits per heavy atom. The molecule has 2 heterocycles. The number of carbonyl (C=O) groups is 1. The van der Waals surface area contributed by atoms with E-state index in [4.69, 9.17) is 10.5 Å². The molecule has 0 radical (unpaired) electrons. The predicted octanol–water partition coefficient (Wildman–Crippen LogP) is 3.77. The van der Waals surface area contributed by atoms with Gasteiger partial charge in [0, 0.05) is 18.4 Å². The summed E-state index contributed by atoms with van der Waals surface area (Å²) in [4.78, 5) is 17.8. The van der Waals surface area contributed by atoms with Crippen molar-refractivity contribution in [2.75, 3.05) is 5.73 Å². The van der Waals surface area contributed by atoms with Crippen LogP contribution in [0.5, 0.6) is 5.88 Å². The Labute approximate surface area is 166 Å². The number of hydrogen-bond acceptors (Lipinski definition) is 4. The molecule has 1 aliphatic carbocycles. The number of hydrogen-bond donors (Lipinski definition) is 1. The average molecular weight is 378 g/mol. The first-order valence-corrected chi connectivity index (χ1v) is 9.93. The van der Waals surface area contributed by atoms with Gasteiger partial charge in [0.05, 0.1) is 12.5 Å². The van der Waals surface area contributed by atoms with Crippen molar-refractivity contribution >= 4 is 11.6 Å². The first-order chi connectivity index (χ1) is 13.3. The lowest BCUT2D eigenvalue weighted by Crippen LogP contribution is -2.43. The van der Waals surface area contributed by atoms with E-state index in [2.05, 4.69) is 44.8 Å². The number of fused-ring (bicyclic) bond motifs is 1. The number of allylic oxidation sites excluding steroid dienone is 2. The highest BCUT2D eigenvalue weighted by Crippen LogP contribution is 2.50. The number of rotatable bonds is 3. The third-order valence-electron chi connectivity index (χ3n) is 5.50. The van der Waals surface area contributed by atoms with Crippen LogP contribution in [0.2, 0.25) is 0 Å². The summed E-state index contributed by atoms with van der Waals surface area (Å²) >= 11 is 0. The van der Waals surface area contributed by atoms with Gasteiger partial charge in [-0.3, -0.25) is 4.79 Å². The van der Waals surface area contributed by atoms with Crippen LogP contribution in [0, 0.1) is 11.3 Å². The van der Waals surface area contributed by atoms with Crippen LogP contribution in [0.4, 0.5) is 5.82 Å². The normalized spacial score (nSPS) is 20.6. The second-order valence-electron chi connectivity index (χ2n) is 9.12. The minimum atomic E-state index is -0.240. The molecule has 1 atom stereocenters. The molecular formula is C23H28N3O2+. The van der Waals surface area contributed by atoms with Crippen molar-refractivity contribution in [1.29, 1.82) is 0 Å². The molecule has 1 aromatic heterocycles. The number of benzene rings is 1. The number of aromatic nitrogens is 2. The second-order valence-corrected chi connectivity index (χ2v) is 9.12.